The van der Waals surface area contributed by atoms with Crippen LogP contribution < -0.4 is 4.90 Å². The Morgan fingerprint density at radius 2 is 2.10 bits per heavy atom. The van der Waals surface area contributed by atoms with Gasteiger partial charge in [-0.1, -0.05) is 13.8 Å². The molecule has 0 fully saturated rings. The van der Waals surface area contributed by atoms with Gasteiger partial charge in [0, 0.05) is 25.5 Å². The van der Waals surface area contributed by atoms with Crippen molar-refractivity contribution in [3.8, 4) is 0 Å². The van der Waals surface area contributed by atoms with Gasteiger partial charge in [0.2, 0.25) is 0 Å². The third kappa shape index (κ3) is 3.10. The van der Waals surface area contributed by atoms with E-state index in [1.54, 1.807) is 6.20 Å². The molecule has 0 radical (unpaired) electrons. The molecule has 2 rings (SSSR count). The third-order valence-electron chi connectivity index (χ3n) is 3.24. The van der Waals surface area contributed by atoms with Gasteiger partial charge in [0.25, 0.3) is 0 Å². The summed E-state index contributed by atoms with van der Waals surface area (Å²) in [6.07, 6.45) is 3.62. The molecule has 2 aromatic heterocycles. The maximum atomic E-state index is 10.1. The Morgan fingerprint density at radius 1 is 1.40 bits per heavy atom. The van der Waals surface area contributed by atoms with Gasteiger partial charge in [0.05, 0.1) is 11.3 Å². The summed E-state index contributed by atoms with van der Waals surface area (Å²) in [5.74, 6) is 1.25. The highest BCUT2D eigenvalue weighted by Gasteiger charge is 2.21. The van der Waals surface area contributed by atoms with E-state index in [2.05, 4.69) is 41.8 Å². The molecule has 0 aliphatic rings. The van der Waals surface area contributed by atoms with Crippen molar-refractivity contribution in [1.29, 1.82) is 0 Å². The molecule has 0 bridgehead atoms. The highest BCUT2D eigenvalue weighted by Crippen LogP contribution is 2.23. The quantitative estimate of drug-likeness (QED) is 0.911. The van der Waals surface area contributed by atoms with Crippen LogP contribution >= 0.6 is 0 Å². The average molecular weight is 276 g/mol. The number of aromatic nitrogens is 3. The first-order valence-electron chi connectivity index (χ1n) is 7.13. The largest absolute Gasteiger partial charge is 0.389 e. The standard InChI is InChI=1S/C15H24N4O/c1-6-18(10-15(4,5)20)14-13-9-12(11(2)3)17-19(13)8-7-16-14/h7-9,11,20H,6,10H2,1-5H3. The molecule has 0 aromatic carbocycles. The summed E-state index contributed by atoms with van der Waals surface area (Å²) >= 11 is 0. The number of fused-ring (bicyclic) bond motifs is 1. The van der Waals surface area contributed by atoms with E-state index in [0.717, 1.165) is 23.6 Å². The van der Waals surface area contributed by atoms with E-state index in [-0.39, 0.29) is 0 Å². The minimum atomic E-state index is -0.759. The van der Waals surface area contributed by atoms with Crippen LogP contribution in [0.15, 0.2) is 18.5 Å². The number of aliphatic hydroxyl groups is 1. The summed E-state index contributed by atoms with van der Waals surface area (Å²) in [4.78, 5) is 6.57. The van der Waals surface area contributed by atoms with Gasteiger partial charge in [-0.25, -0.2) is 9.50 Å². The van der Waals surface area contributed by atoms with Crippen molar-refractivity contribution in [2.45, 2.75) is 46.1 Å². The molecule has 20 heavy (non-hydrogen) atoms. The number of anilines is 1. The van der Waals surface area contributed by atoms with Crippen LogP contribution in [0.2, 0.25) is 0 Å². The van der Waals surface area contributed by atoms with E-state index >= 15 is 0 Å². The molecular weight excluding hydrogens is 252 g/mol. The summed E-state index contributed by atoms with van der Waals surface area (Å²) in [5, 5.41) is 14.6. The zero-order valence-corrected chi connectivity index (χ0v) is 13.0. The summed E-state index contributed by atoms with van der Waals surface area (Å²) in [6.45, 7) is 11.3. The Labute approximate surface area is 120 Å². The van der Waals surface area contributed by atoms with E-state index in [0.29, 0.717) is 12.5 Å². The molecule has 0 unspecified atom stereocenters. The predicted molar refractivity (Wildman–Crippen MR) is 81.3 cm³/mol. The van der Waals surface area contributed by atoms with E-state index < -0.39 is 5.60 Å². The minimum absolute atomic E-state index is 0.382. The van der Waals surface area contributed by atoms with Gasteiger partial charge in [-0.2, -0.15) is 5.10 Å². The van der Waals surface area contributed by atoms with Crippen molar-refractivity contribution in [1.82, 2.24) is 14.6 Å². The Kier molecular flexibility index (Phi) is 3.99. The van der Waals surface area contributed by atoms with Crippen LogP contribution in [0.25, 0.3) is 5.52 Å². The molecule has 0 aliphatic heterocycles. The Balaban J connectivity index is 2.46. The van der Waals surface area contributed by atoms with Gasteiger partial charge in [0.1, 0.15) is 5.52 Å². The molecular formula is C15H24N4O. The first-order chi connectivity index (χ1) is 9.31. The molecule has 1 N–H and O–H groups in total. The summed E-state index contributed by atoms with van der Waals surface area (Å²) in [5.41, 5.74) is 1.28. The molecule has 0 spiro atoms. The van der Waals surface area contributed by atoms with Crippen LogP contribution in [0.4, 0.5) is 5.82 Å². The summed E-state index contributed by atoms with van der Waals surface area (Å²) < 4.78 is 1.87. The van der Waals surface area contributed by atoms with Crippen molar-refractivity contribution < 1.29 is 5.11 Å². The predicted octanol–water partition coefficient (Wildman–Crippen LogP) is 2.45. The van der Waals surface area contributed by atoms with E-state index in [4.69, 9.17) is 0 Å². The SMILES string of the molecule is CCN(CC(C)(C)O)c1nccn2nc(C(C)C)cc12. The fraction of sp³-hybridized carbons (Fsp3) is 0.600. The molecule has 2 aromatic rings. The number of hydrogen-bond acceptors (Lipinski definition) is 4. The van der Waals surface area contributed by atoms with Crippen molar-refractivity contribution in [3.05, 3.63) is 24.2 Å². The second-order valence-corrected chi connectivity index (χ2v) is 6.13. The van der Waals surface area contributed by atoms with Gasteiger partial charge >= 0.3 is 0 Å². The van der Waals surface area contributed by atoms with E-state index in [1.807, 2.05) is 24.6 Å². The van der Waals surface area contributed by atoms with Gasteiger partial charge in [-0.05, 0) is 32.8 Å². The average Bonchev–Trinajstić information content (AvgIpc) is 2.78. The van der Waals surface area contributed by atoms with Crippen molar-refractivity contribution in [2.24, 2.45) is 0 Å². The zero-order valence-electron chi connectivity index (χ0n) is 13.0. The first-order valence-corrected chi connectivity index (χ1v) is 7.13. The van der Waals surface area contributed by atoms with E-state index in [1.165, 1.54) is 0 Å². The van der Waals surface area contributed by atoms with Crippen LogP contribution in [-0.2, 0) is 0 Å². The van der Waals surface area contributed by atoms with Gasteiger partial charge in [-0.3, -0.25) is 0 Å². The Hall–Kier alpha value is -1.62. The lowest BCUT2D eigenvalue weighted by Crippen LogP contribution is -2.39. The Morgan fingerprint density at radius 3 is 2.65 bits per heavy atom. The maximum absolute atomic E-state index is 10.1. The lowest BCUT2D eigenvalue weighted by Gasteiger charge is -2.29. The molecule has 0 saturated heterocycles. The zero-order chi connectivity index (χ0) is 14.9. The molecule has 0 amide bonds. The number of nitrogens with zero attached hydrogens (tertiary/aromatic N) is 4. The molecule has 0 saturated carbocycles. The fourth-order valence-corrected chi connectivity index (χ4v) is 2.26. The monoisotopic (exact) mass is 276 g/mol. The van der Waals surface area contributed by atoms with Crippen LogP contribution in [0.3, 0.4) is 0 Å². The van der Waals surface area contributed by atoms with Crippen LogP contribution in [0.5, 0.6) is 0 Å². The molecule has 5 nitrogen and oxygen atoms in total. The van der Waals surface area contributed by atoms with Crippen LogP contribution in [-0.4, -0.2) is 38.4 Å². The first kappa shape index (κ1) is 14.8. The Bertz CT molecular complexity index is 583. The van der Waals surface area contributed by atoms with E-state index in [9.17, 15) is 5.11 Å². The van der Waals surface area contributed by atoms with Gasteiger partial charge in [-0.15, -0.1) is 0 Å². The topological polar surface area (TPSA) is 53.7 Å². The van der Waals surface area contributed by atoms with Crippen molar-refractivity contribution >= 4 is 11.3 Å². The maximum Gasteiger partial charge on any atom is 0.154 e. The third-order valence-corrected chi connectivity index (χ3v) is 3.24. The highest BCUT2D eigenvalue weighted by molar-refractivity contribution is 5.69. The lowest BCUT2D eigenvalue weighted by molar-refractivity contribution is 0.0874. The highest BCUT2D eigenvalue weighted by atomic mass is 16.3. The molecule has 5 heteroatoms. The fourth-order valence-electron chi connectivity index (χ4n) is 2.26. The molecule has 0 atom stereocenters. The summed E-state index contributed by atoms with van der Waals surface area (Å²) in [7, 11) is 0. The number of rotatable bonds is 5. The minimum Gasteiger partial charge on any atom is -0.389 e. The van der Waals surface area contributed by atoms with Crippen molar-refractivity contribution in [2.75, 3.05) is 18.0 Å². The number of likely N-dealkylation sites (N-methyl/N-ethyl adjacent to an activating group) is 1. The molecule has 2 heterocycles. The molecule has 0 aliphatic carbocycles. The van der Waals surface area contributed by atoms with Crippen LogP contribution in [0.1, 0.15) is 46.2 Å². The van der Waals surface area contributed by atoms with Gasteiger partial charge in [0.15, 0.2) is 5.82 Å². The molecule has 110 valence electrons. The lowest BCUT2D eigenvalue weighted by atomic mass is 10.1. The van der Waals surface area contributed by atoms with Crippen LogP contribution in [0, 0.1) is 0 Å². The van der Waals surface area contributed by atoms with Gasteiger partial charge < -0.3 is 10.0 Å². The summed E-state index contributed by atoms with van der Waals surface area (Å²) in [6, 6.07) is 2.08. The smallest absolute Gasteiger partial charge is 0.154 e. The normalized spacial score (nSPS) is 12.3. The van der Waals surface area contributed by atoms with Crippen molar-refractivity contribution in [3.63, 3.8) is 0 Å². The number of hydrogen-bond donors (Lipinski definition) is 1. The second kappa shape index (κ2) is 5.40. The second-order valence-electron chi connectivity index (χ2n) is 6.13.